The van der Waals surface area contributed by atoms with Crippen molar-refractivity contribution in [1.29, 1.82) is 0 Å². The van der Waals surface area contributed by atoms with Gasteiger partial charge in [0.15, 0.2) is 0 Å². The molecule has 0 aromatic heterocycles. The topological polar surface area (TPSA) is 63.6 Å². The third-order valence-electron chi connectivity index (χ3n) is 6.61. The van der Waals surface area contributed by atoms with Crippen LogP contribution in [0.2, 0.25) is 0 Å². The first kappa shape index (κ1) is 27.0. The standard InChI is InChI=1S/C26H48O4/c1-4-5-6-7-8-9-10-11-17-22(18-13-12-16-21(2)3)30-26(29)24-20-15-14-19-23(24)25(27)28/h21-24H,4-20H2,1-3H3,(H,27,28). The van der Waals surface area contributed by atoms with Crippen LogP contribution < -0.4 is 0 Å². The van der Waals surface area contributed by atoms with Crippen molar-refractivity contribution in [3.8, 4) is 0 Å². The van der Waals surface area contributed by atoms with Gasteiger partial charge >= 0.3 is 11.9 Å². The Kier molecular flexibility index (Phi) is 14.9. The zero-order valence-electron chi connectivity index (χ0n) is 20.0. The van der Waals surface area contributed by atoms with Gasteiger partial charge in [-0.3, -0.25) is 9.59 Å². The van der Waals surface area contributed by atoms with Gasteiger partial charge in [0.05, 0.1) is 11.8 Å². The minimum absolute atomic E-state index is 0.0406. The number of esters is 1. The fraction of sp³-hybridized carbons (Fsp3) is 0.923. The van der Waals surface area contributed by atoms with Crippen molar-refractivity contribution in [1.82, 2.24) is 0 Å². The van der Waals surface area contributed by atoms with Crippen molar-refractivity contribution < 1.29 is 19.4 Å². The third-order valence-corrected chi connectivity index (χ3v) is 6.61. The largest absolute Gasteiger partial charge is 0.481 e. The molecule has 0 heterocycles. The molecule has 0 aliphatic heterocycles. The second kappa shape index (κ2) is 16.6. The monoisotopic (exact) mass is 424 g/mol. The summed E-state index contributed by atoms with van der Waals surface area (Å²) in [7, 11) is 0. The molecule has 0 amide bonds. The number of hydrogen-bond donors (Lipinski definition) is 1. The lowest BCUT2D eigenvalue weighted by Gasteiger charge is -2.29. The van der Waals surface area contributed by atoms with Crippen LogP contribution in [-0.2, 0) is 14.3 Å². The molecule has 1 aliphatic rings. The maximum atomic E-state index is 12.8. The van der Waals surface area contributed by atoms with Gasteiger partial charge in [-0.1, -0.05) is 91.4 Å². The molecular weight excluding hydrogens is 376 g/mol. The lowest BCUT2D eigenvalue weighted by Crippen LogP contribution is -2.35. The lowest BCUT2D eigenvalue weighted by molar-refractivity contribution is -0.164. The number of unbranched alkanes of at least 4 members (excludes halogenated alkanes) is 8. The fourth-order valence-electron chi connectivity index (χ4n) is 4.65. The molecule has 3 unspecified atom stereocenters. The van der Waals surface area contributed by atoms with E-state index < -0.39 is 17.8 Å². The molecule has 4 heteroatoms. The number of hydrogen-bond acceptors (Lipinski definition) is 3. The molecule has 0 aromatic rings. The van der Waals surface area contributed by atoms with Crippen LogP contribution in [0.15, 0.2) is 0 Å². The smallest absolute Gasteiger partial charge is 0.310 e. The first-order valence-electron chi connectivity index (χ1n) is 12.9. The van der Waals surface area contributed by atoms with Gasteiger partial charge in [0.2, 0.25) is 0 Å². The molecule has 0 aromatic carbocycles. The average molecular weight is 425 g/mol. The van der Waals surface area contributed by atoms with E-state index in [1.54, 1.807) is 0 Å². The molecule has 1 aliphatic carbocycles. The zero-order valence-corrected chi connectivity index (χ0v) is 20.0. The Morgan fingerprint density at radius 2 is 1.30 bits per heavy atom. The number of carbonyl (C=O) groups is 2. The van der Waals surface area contributed by atoms with Crippen LogP contribution >= 0.6 is 0 Å². The van der Waals surface area contributed by atoms with E-state index in [2.05, 4.69) is 20.8 Å². The Morgan fingerprint density at radius 3 is 1.87 bits per heavy atom. The molecule has 3 atom stereocenters. The molecule has 1 saturated carbocycles. The Labute approximate surface area is 185 Å². The summed E-state index contributed by atoms with van der Waals surface area (Å²) in [5.74, 6) is -1.40. The summed E-state index contributed by atoms with van der Waals surface area (Å²) >= 11 is 0. The Balaban J connectivity index is 2.45. The van der Waals surface area contributed by atoms with Gasteiger partial charge in [-0.2, -0.15) is 0 Å². The fourth-order valence-corrected chi connectivity index (χ4v) is 4.65. The van der Waals surface area contributed by atoms with Crippen molar-refractivity contribution in [2.45, 2.75) is 136 Å². The summed E-state index contributed by atoms with van der Waals surface area (Å²) in [5.41, 5.74) is 0. The van der Waals surface area contributed by atoms with Gasteiger partial charge in [0.25, 0.3) is 0 Å². The van der Waals surface area contributed by atoms with Gasteiger partial charge in [-0.05, 0) is 44.4 Å². The number of aliphatic carboxylic acids is 1. The number of rotatable bonds is 17. The average Bonchev–Trinajstić information content (AvgIpc) is 2.72. The van der Waals surface area contributed by atoms with Crippen molar-refractivity contribution in [2.75, 3.05) is 0 Å². The van der Waals surface area contributed by atoms with Crippen molar-refractivity contribution >= 4 is 11.9 Å². The molecule has 1 fully saturated rings. The van der Waals surface area contributed by atoms with Crippen LogP contribution in [0.1, 0.15) is 130 Å². The minimum atomic E-state index is -0.840. The summed E-state index contributed by atoms with van der Waals surface area (Å²) in [4.78, 5) is 24.4. The number of carbonyl (C=O) groups excluding carboxylic acids is 1. The van der Waals surface area contributed by atoms with E-state index >= 15 is 0 Å². The van der Waals surface area contributed by atoms with Crippen LogP contribution in [0, 0.1) is 17.8 Å². The Morgan fingerprint density at radius 1 is 0.800 bits per heavy atom. The van der Waals surface area contributed by atoms with E-state index in [4.69, 9.17) is 4.74 Å². The van der Waals surface area contributed by atoms with Crippen molar-refractivity contribution in [3.63, 3.8) is 0 Å². The Bertz CT molecular complexity index is 460. The van der Waals surface area contributed by atoms with Crippen LogP contribution in [0.3, 0.4) is 0 Å². The van der Waals surface area contributed by atoms with E-state index in [9.17, 15) is 14.7 Å². The first-order chi connectivity index (χ1) is 14.5. The highest BCUT2D eigenvalue weighted by Gasteiger charge is 2.37. The van der Waals surface area contributed by atoms with Crippen LogP contribution in [-0.4, -0.2) is 23.1 Å². The summed E-state index contributed by atoms with van der Waals surface area (Å²) in [6.07, 6.45) is 18.5. The van der Waals surface area contributed by atoms with Crippen LogP contribution in [0.5, 0.6) is 0 Å². The highest BCUT2D eigenvalue weighted by molar-refractivity contribution is 5.81. The number of carboxylic acid groups (broad SMARTS) is 1. The zero-order chi connectivity index (χ0) is 22.2. The van der Waals surface area contributed by atoms with E-state index in [1.165, 1.54) is 57.8 Å². The molecule has 30 heavy (non-hydrogen) atoms. The molecule has 1 rings (SSSR count). The van der Waals surface area contributed by atoms with Crippen LogP contribution in [0.4, 0.5) is 0 Å². The second-order valence-corrected chi connectivity index (χ2v) is 9.84. The predicted octanol–water partition coefficient (Wildman–Crippen LogP) is 7.54. The summed E-state index contributed by atoms with van der Waals surface area (Å²) in [5, 5.41) is 9.49. The maximum Gasteiger partial charge on any atom is 0.310 e. The second-order valence-electron chi connectivity index (χ2n) is 9.84. The summed E-state index contributed by atoms with van der Waals surface area (Å²) in [6.45, 7) is 6.73. The predicted molar refractivity (Wildman–Crippen MR) is 123 cm³/mol. The van der Waals surface area contributed by atoms with E-state index in [0.717, 1.165) is 38.5 Å². The number of ether oxygens (including phenoxy) is 1. The van der Waals surface area contributed by atoms with Crippen molar-refractivity contribution in [2.24, 2.45) is 17.8 Å². The van der Waals surface area contributed by atoms with Gasteiger partial charge < -0.3 is 9.84 Å². The molecule has 0 bridgehead atoms. The van der Waals surface area contributed by atoms with E-state index in [-0.39, 0.29) is 12.1 Å². The third kappa shape index (κ3) is 12.0. The summed E-state index contributed by atoms with van der Waals surface area (Å²) in [6, 6.07) is 0. The highest BCUT2D eigenvalue weighted by Crippen LogP contribution is 2.32. The maximum absolute atomic E-state index is 12.8. The molecule has 176 valence electrons. The van der Waals surface area contributed by atoms with Gasteiger partial charge in [-0.25, -0.2) is 0 Å². The molecule has 1 N–H and O–H groups in total. The summed E-state index contributed by atoms with van der Waals surface area (Å²) < 4.78 is 5.93. The molecular formula is C26H48O4. The number of carboxylic acids is 1. The van der Waals surface area contributed by atoms with Gasteiger partial charge in [0, 0.05) is 0 Å². The quantitative estimate of drug-likeness (QED) is 0.193. The van der Waals surface area contributed by atoms with Crippen LogP contribution in [0.25, 0.3) is 0 Å². The Hall–Kier alpha value is -1.06. The lowest BCUT2D eigenvalue weighted by atomic mass is 9.79. The van der Waals surface area contributed by atoms with Gasteiger partial charge in [0.1, 0.15) is 6.10 Å². The molecule has 0 saturated heterocycles. The highest BCUT2D eigenvalue weighted by atomic mass is 16.5. The molecule has 4 nitrogen and oxygen atoms in total. The minimum Gasteiger partial charge on any atom is -0.481 e. The molecule has 0 radical (unpaired) electrons. The first-order valence-corrected chi connectivity index (χ1v) is 12.9. The SMILES string of the molecule is CCCCCCCCCCC(CCCCC(C)C)OC(=O)C1CCCCC1C(=O)O. The normalized spacial score (nSPS) is 20.3. The van der Waals surface area contributed by atoms with E-state index in [1.807, 2.05) is 0 Å². The van der Waals surface area contributed by atoms with Gasteiger partial charge in [-0.15, -0.1) is 0 Å². The van der Waals surface area contributed by atoms with Crippen molar-refractivity contribution in [3.05, 3.63) is 0 Å². The molecule has 0 spiro atoms. The van der Waals surface area contributed by atoms with E-state index in [0.29, 0.717) is 18.8 Å².